The van der Waals surface area contributed by atoms with Crippen LogP contribution < -0.4 is 0 Å². The van der Waals surface area contributed by atoms with E-state index in [1.54, 1.807) is 11.3 Å². The van der Waals surface area contributed by atoms with Crippen molar-refractivity contribution in [3.8, 4) is 0 Å². The van der Waals surface area contributed by atoms with Gasteiger partial charge in [-0.3, -0.25) is 0 Å². The summed E-state index contributed by atoms with van der Waals surface area (Å²) in [6.45, 7) is 12.9. The van der Waals surface area contributed by atoms with Crippen LogP contribution in [0.2, 0.25) is 0 Å². The monoisotopic (exact) mass is 295 g/mol. The maximum atomic E-state index is 10.2. The molecule has 0 bridgehead atoms. The predicted molar refractivity (Wildman–Crippen MR) is 86.2 cm³/mol. The second kappa shape index (κ2) is 5.76. The van der Waals surface area contributed by atoms with Crippen molar-refractivity contribution in [3.63, 3.8) is 0 Å². The molecule has 1 N–H and O–H groups in total. The Hall–Kier alpha value is -0.410. The number of nitrogens with zero attached hydrogens (tertiary/aromatic N) is 1. The maximum absolute atomic E-state index is 10.2. The molecule has 1 aliphatic rings. The fraction of sp³-hybridized carbons (Fsp3) is 0.824. The molecule has 0 radical (unpaired) electrons. The summed E-state index contributed by atoms with van der Waals surface area (Å²) in [5, 5.41) is 11.5. The van der Waals surface area contributed by atoms with E-state index in [0.717, 1.165) is 23.4 Å². The average Bonchev–Trinajstić information content (AvgIpc) is 2.69. The van der Waals surface area contributed by atoms with Gasteiger partial charge in [0.25, 0.3) is 0 Å². The summed E-state index contributed by atoms with van der Waals surface area (Å²) in [5.74, 6) is 2.95. The smallest absolute Gasteiger partial charge is 0.102 e. The Morgan fingerprint density at radius 2 is 1.80 bits per heavy atom. The lowest BCUT2D eigenvalue weighted by Gasteiger charge is -2.22. The van der Waals surface area contributed by atoms with Gasteiger partial charge < -0.3 is 5.11 Å². The SMILES string of the molecule is Cc1sc([C@@H]2CC[C@@H](C)C(C)C(C)C2)nc1C(C)(C)O. The first-order valence-corrected chi connectivity index (χ1v) is 8.72. The second-order valence-electron chi connectivity index (χ2n) is 7.34. The summed E-state index contributed by atoms with van der Waals surface area (Å²) in [5.41, 5.74) is 0.0472. The van der Waals surface area contributed by atoms with Gasteiger partial charge >= 0.3 is 0 Å². The second-order valence-corrected chi connectivity index (χ2v) is 8.57. The van der Waals surface area contributed by atoms with E-state index in [9.17, 15) is 5.11 Å². The van der Waals surface area contributed by atoms with E-state index >= 15 is 0 Å². The third-order valence-corrected chi connectivity index (χ3v) is 6.30. The van der Waals surface area contributed by atoms with Crippen LogP contribution in [0.15, 0.2) is 0 Å². The minimum Gasteiger partial charge on any atom is -0.384 e. The molecule has 1 aromatic rings. The minimum absolute atomic E-state index is 0.581. The van der Waals surface area contributed by atoms with Crippen molar-refractivity contribution in [2.45, 2.75) is 72.3 Å². The Balaban J connectivity index is 2.24. The lowest BCUT2D eigenvalue weighted by atomic mass is 9.84. The van der Waals surface area contributed by atoms with E-state index in [4.69, 9.17) is 4.98 Å². The Labute approximate surface area is 127 Å². The molecule has 1 fully saturated rings. The molecular weight excluding hydrogens is 266 g/mol. The van der Waals surface area contributed by atoms with Crippen molar-refractivity contribution in [3.05, 3.63) is 15.6 Å². The highest BCUT2D eigenvalue weighted by Crippen LogP contribution is 2.42. The molecule has 1 aromatic heterocycles. The van der Waals surface area contributed by atoms with Crippen LogP contribution in [0.5, 0.6) is 0 Å². The quantitative estimate of drug-likeness (QED) is 0.791. The lowest BCUT2D eigenvalue weighted by Crippen LogP contribution is -2.17. The van der Waals surface area contributed by atoms with Crippen LogP contribution in [-0.2, 0) is 5.60 Å². The van der Waals surface area contributed by atoms with Crippen LogP contribution in [0, 0.1) is 24.7 Å². The standard InChI is InChI=1S/C17H29NOS/c1-10-7-8-14(9-11(2)12(10)3)16-18-15(13(4)20-16)17(5,6)19/h10-12,14,19H,7-9H2,1-6H3/t10-,11?,12?,14-/m1/s1. The van der Waals surface area contributed by atoms with Gasteiger partial charge in [0, 0.05) is 10.8 Å². The van der Waals surface area contributed by atoms with Gasteiger partial charge in [-0.15, -0.1) is 11.3 Å². The van der Waals surface area contributed by atoms with Crippen molar-refractivity contribution >= 4 is 11.3 Å². The number of hydrogen-bond acceptors (Lipinski definition) is 3. The lowest BCUT2D eigenvalue weighted by molar-refractivity contribution is 0.0736. The molecule has 1 saturated carbocycles. The van der Waals surface area contributed by atoms with E-state index in [-0.39, 0.29) is 0 Å². The van der Waals surface area contributed by atoms with Gasteiger partial charge in [0.2, 0.25) is 0 Å². The Bertz CT molecular complexity index is 460. The fourth-order valence-corrected chi connectivity index (χ4v) is 4.68. The van der Waals surface area contributed by atoms with Crippen LogP contribution in [0.3, 0.4) is 0 Å². The third kappa shape index (κ3) is 3.25. The van der Waals surface area contributed by atoms with E-state index in [2.05, 4.69) is 27.7 Å². The van der Waals surface area contributed by atoms with Gasteiger partial charge in [0.15, 0.2) is 0 Å². The Morgan fingerprint density at radius 3 is 2.35 bits per heavy atom. The van der Waals surface area contributed by atoms with Crippen LogP contribution in [0.25, 0.3) is 0 Å². The molecule has 20 heavy (non-hydrogen) atoms. The molecule has 0 aromatic carbocycles. The number of aromatic nitrogens is 1. The van der Waals surface area contributed by atoms with E-state index < -0.39 is 5.60 Å². The number of aliphatic hydroxyl groups is 1. The van der Waals surface area contributed by atoms with Crippen LogP contribution in [-0.4, -0.2) is 10.1 Å². The first kappa shape index (κ1) is 16.0. The Morgan fingerprint density at radius 1 is 1.15 bits per heavy atom. The molecule has 2 rings (SSSR count). The molecule has 0 aliphatic heterocycles. The van der Waals surface area contributed by atoms with Gasteiger partial charge in [-0.05, 0) is 57.8 Å². The Kier molecular flexibility index (Phi) is 4.60. The van der Waals surface area contributed by atoms with E-state index in [1.807, 2.05) is 13.8 Å². The molecule has 1 aliphatic carbocycles. The minimum atomic E-state index is -0.824. The van der Waals surface area contributed by atoms with Gasteiger partial charge in [0.1, 0.15) is 5.60 Å². The summed E-state index contributed by atoms with van der Waals surface area (Å²) in [6, 6.07) is 0. The van der Waals surface area contributed by atoms with Crippen molar-refractivity contribution in [2.24, 2.45) is 17.8 Å². The van der Waals surface area contributed by atoms with Crippen molar-refractivity contribution in [1.29, 1.82) is 0 Å². The molecule has 3 heteroatoms. The molecule has 0 spiro atoms. The normalized spacial score (nSPS) is 32.1. The summed E-state index contributed by atoms with van der Waals surface area (Å²) in [7, 11) is 0. The van der Waals surface area contributed by atoms with Gasteiger partial charge in [-0.1, -0.05) is 20.8 Å². The molecule has 114 valence electrons. The highest BCUT2D eigenvalue weighted by atomic mass is 32.1. The first-order chi connectivity index (χ1) is 9.20. The van der Waals surface area contributed by atoms with Gasteiger partial charge in [0.05, 0.1) is 10.7 Å². The molecule has 0 amide bonds. The summed E-state index contributed by atoms with van der Waals surface area (Å²) in [4.78, 5) is 5.97. The first-order valence-electron chi connectivity index (χ1n) is 7.90. The zero-order chi connectivity index (χ0) is 15.1. The molecule has 2 nitrogen and oxygen atoms in total. The predicted octanol–water partition coefficient (Wildman–Crippen LogP) is 4.85. The molecule has 1 heterocycles. The summed E-state index contributed by atoms with van der Waals surface area (Å²) in [6.07, 6.45) is 3.78. The van der Waals surface area contributed by atoms with E-state index in [0.29, 0.717) is 5.92 Å². The van der Waals surface area contributed by atoms with Crippen molar-refractivity contribution in [1.82, 2.24) is 4.98 Å². The van der Waals surface area contributed by atoms with Gasteiger partial charge in [-0.2, -0.15) is 0 Å². The highest BCUT2D eigenvalue weighted by Gasteiger charge is 2.31. The molecule has 0 saturated heterocycles. The van der Waals surface area contributed by atoms with Crippen LogP contribution in [0.4, 0.5) is 0 Å². The zero-order valence-electron chi connectivity index (χ0n) is 13.7. The molecule has 2 unspecified atom stereocenters. The largest absolute Gasteiger partial charge is 0.384 e. The average molecular weight is 295 g/mol. The number of thiazole rings is 1. The highest BCUT2D eigenvalue weighted by molar-refractivity contribution is 7.11. The maximum Gasteiger partial charge on any atom is 0.102 e. The zero-order valence-corrected chi connectivity index (χ0v) is 14.5. The molecular formula is C17H29NOS. The van der Waals surface area contributed by atoms with Crippen LogP contribution >= 0.6 is 11.3 Å². The summed E-state index contributed by atoms with van der Waals surface area (Å²) < 4.78 is 0. The van der Waals surface area contributed by atoms with Crippen molar-refractivity contribution in [2.75, 3.05) is 0 Å². The number of hydrogen-bond donors (Lipinski definition) is 1. The number of aryl methyl sites for hydroxylation is 1. The summed E-state index contributed by atoms with van der Waals surface area (Å²) >= 11 is 1.79. The third-order valence-electron chi connectivity index (χ3n) is 5.16. The fourth-order valence-electron chi connectivity index (χ4n) is 3.45. The molecule has 4 atom stereocenters. The topological polar surface area (TPSA) is 33.1 Å². The van der Waals surface area contributed by atoms with Gasteiger partial charge in [-0.25, -0.2) is 4.98 Å². The van der Waals surface area contributed by atoms with E-state index in [1.165, 1.54) is 29.1 Å². The number of rotatable bonds is 2. The van der Waals surface area contributed by atoms with Crippen LogP contribution in [0.1, 0.15) is 75.4 Å². The van der Waals surface area contributed by atoms with Crippen molar-refractivity contribution < 1.29 is 5.11 Å².